The number of halogens is 1. The summed E-state index contributed by atoms with van der Waals surface area (Å²) >= 11 is 1.47. The van der Waals surface area contributed by atoms with Gasteiger partial charge in [0.25, 0.3) is 14.2 Å². The average Bonchev–Trinajstić information content (AvgIpc) is 2.90. The van der Waals surface area contributed by atoms with E-state index in [0.29, 0.717) is 19.0 Å². The highest BCUT2D eigenvalue weighted by atomic mass is 35.7. The third kappa shape index (κ3) is 2.97. The molecule has 2 aromatic heterocycles. The molecule has 0 aliphatic carbocycles. The van der Waals surface area contributed by atoms with Gasteiger partial charge in [-0.1, -0.05) is 0 Å². The molecule has 2 heterocycles. The molecule has 0 amide bonds. The van der Waals surface area contributed by atoms with E-state index in [9.17, 15) is 8.42 Å². The Kier molecular flexibility index (Phi) is 4.24. The van der Waals surface area contributed by atoms with Gasteiger partial charge in [-0.15, -0.1) is 21.5 Å². The highest BCUT2D eigenvalue weighted by molar-refractivity contribution is 8.13. The molecule has 0 fully saturated rings. The van der Waals surface area contributed by atoms with Crippen molar-refractivity contribution in [2.75, 3.05) is 13.7 Å². The van der Waals surface area contributed by atoms with Crippen molar-refractivity contribution >= 4 is 31.1 Å². The fraction of sp³-hybridized carbons (Fsp3) is 0.400. The van der Waals surface area contributed by atoms with Crippen molar-refractivity contribution in [2.45, 2.75) is 18.6 Å². The van der Waals surface area contributed by atoms with Crippen LogP contribution in [0.1, 0.15) is 5.56 Å². The third-order valence-electron chi connectivity index (χ3n) is 2.52. The topological polar surface area (TPSA) is 74.1 Å². The number of aryl methyl sites for hydroxylation is 1. The largest absolute Gasteiger partial charge is 0.383 e. The smallest absolute Gasteiger partial charge is 0.296 e. The zero-order valence-electron chi connectivity index (χ0n) is 10.3. The van der Waals surface area contributed by atoms with Crippen molar-refractivity contribution in [3.05, 3.63) is 17.0 Å². The number of hydrogen-bond donors (Lipinski definition) is 0. The second-order valence-electron chi connectivity index (χ2n) is 3.82. The van der Waals surface area contributed by atoms with Crippen LogP contribution in [0.25, 0.3) is 10.7 Å². The van der Waals surface area contributed by atoms with Gasteiger partial charge < -0.3 is 4.74 Å². The molecule has 0 bridgehead atoms. The molecule has 0 spiro atoms. The van der Waals surface area contributed by atoms with Gasteiger partial charge in [-0.3, -0.25) is 4.57 Å². The lowest BCUT2D eigenvalue weighted by Crippen LogP contribution is -2.11. The van der Waals surface area contributed by atoms with Crippen LogP contribution in [-0.2, 0) is 20.3 Å². The van der Waals surface area contributed by atoms with E-state index in [4.69, 9.17) is 15.4 Å². The normalized spacial score (nSPS) is 11.9. The number of rotatable bonds is 5. The molecule has 0 saturated heterocycles. The van der Waals surface area contributed by atoms with E-state index in [0.717, 1.165) is 10.4 Å². The van der Waals surface area contributed by atoms with Gasteiger partial charge in [0.15, 0.2) is 5.82 Å². The summed E-state index contributed by atoms with van der Waals surface area (Å²) < 4.78 is 29.4. The van der Waals surface area contributed by atoms with E-state index in [2.05, 4.69) is 10.2 Å². The van der Waals surface area contributed by atoms with Crippen LogP contribution in [0.15, 0.2) is 16.6 Å². The number of hydrogen-bond acceptors (Lipinski definition) is 6. The van der Waals surface area contributed by atoms with Gasteiger partial charge in [0.1, 0.15) is 0 Å². The number of aromatic nitrogens is 3. The molecule has 19 heavy (non-hydrogen) atoms. The van der Waals surface area contributed by atoms with Gasteiger partial charge in [-0.05, 0) is 23.9 Å². The molecule has 0 aliphatic rings. The van der Waals surface area contributed by atoms with Crippen LogP contribution in [0.5, 0.6) is 0 Å². The minimum Gasteiger partial charge on any atom is -0.383 e. The molecule has 0 aromatic carbocycles. The highest BCUT2D eigenvalue weighted by Crippen LogP contribution is 2.29. The Morgan fingerprint density at radius 3 is 2.74 bits per heavy atom. The van der Waals surface area contributed by atoms with E-state index < -0.39 is 9.05 Å². The Balaban J connectivity index is 2.56. The minimum atomic E-state index is -3.94. The van der Waals surface area contributed by atoms with Crippen LogP contribution >= 0.6 is 22.0 Å². The van der Waals surface area contributed by atoms with Crippen LogP contribution in [0, 0.1) is 6.92 Å². The Morgan fingerprint density at radius 2 is 2.21 bits per heavy atom. The summed E-state index contributed by atoms with van der Waals surface area (Å²) in [5.74, 6) is 0.490. The lowest BCUT2D eigenvalue weighted by molar-refractivity contribution is 0.185. The summed E-state index contributed by atoms with van der Waals surface area (Å²) in [5.41, 5.74) is 1.01. The molecule has 0 N–H and O–H groups in total. The predicted molar refractivity (Wildman–Crippen MR) is 73.0 cm³/mol. The maximum Gasteiger partial charge on any atom is 0.296 e. The highest BCUT2D eigenvalue weighted by Gasteiger charge is 2.24. The lowest BCUT2D eigenvalue weighted by atomic mass is 10.3. The number of ether oxygens (including phenoxy) is 1. The van der Waals surface area contributed by atoms with Crippen molar-refractivity contribution in [2.24, 2.45) is 0 Å². The van der Waals surface area contributed by atoms with Crippen LogP contribution in [0.2, 0.25) is 0 Å². The second kappa shape index (κ2) is 5.58. The minimum absolute atomic E-state index is 0.256. The fourth-order valence-electron chi connectivity index (χ4n) is 1.62. The Labute approximate surface area is 119 Å². The third-order valence-corrected chi connectivity index (χ3v) is 4.68. The maximum atomic E-state index is 11.5. The first-order valence-electron chi connectivity index (χ1n) is 5.36. The van der Waals surface area contributed by atoms with Gasteiger partial charge in [0, 0.05) is 17.8 Å². The Morgan fingerprint density at radius 1 is 1.47 bits per heavy atom. The number of nitrogens with zero attached hydrogens (tertiary/aromatic N) is 3. The summed E-state index contributed by atoms with van der Waals surface area (Å²) in [5, 5.41) is 9.28. The molecule has 0 atom stereocenters. The molecule has 0 radical (unpaired) electrons. The van der Waals surface area contributed by atoms with Gasteiger partial charge in [-0.25, -0.2) is 8.42 Å². The lowest BCUT2D eigenvalue weighted by Gasteiger charge is -2.07. The van der Waals surface area contributed by atoms with E-state index in [1.807, 2.05) is 18.4 Å². The molecule has 2 rings (SSSR count). The summed E-state index contributed by atoms with van der Waals surface area (Å²) in [6.07, 6.45) is 0. The summed E-state index contributed by atoms with van der Waals surface area (Å²) in [7, 11) is 2.97. The van der Waals surface area contributed by atoms with Crippen molar-refractivity contribution in [1.82, 2.24) is 14.8 Å². The molecule has 104 valence electrons. The van der Waals surface area contributed by atoms with Crippen molar-refractivity contribution in [3.63, 3.8) is 0 Å². The standard InChI is InChI=1S/C10H12ClN3O3S2/c1-7-3-6-18-8(7)9-12-13-10(19(11,15)16)14(9)4-5-17-2/h3,6H,4-5H2,1-2H3. The molecule has 9 heteroatoms. The summed E-state index contributed by atoms with van der Waals surface area (Å²) in [6.45, 7) is 2.59. The Hall–Kier alpha value is -0.960. The summed E-state index contributed by atoms with van der Waals surface area (Å²) in [6, 6.07) is 1.93. The molecular weight excluding hydrogens is 310 g/mol. The van der Waals surface area contributed by atoms with Crippen LogP contribution < -0.4 is 0 Å². The second-order valence-corrected chi connectivity index (χ2v) is 7.20. The van der Waals surface area contributed by atoms with E-state index in [-0.39, 0.29) is 5.16 Å². The van der Waals surface area contributed by atoms with Gasteiger partial charge in [0.05, 0.1) is 18.0 Å². The predicted octanol–water partition coefficient (Wildman–Crippen LogP) is 1.89. The molecule has 0 aliphatic heterocycles. The zero-order valence-corrected chi connectivity index (χ0v) is 12.7. The van der Waals surface area contributed by atoms with E-state index >= 15 is 0 Å². The van der Waals surface area contributed by atoms with Crippen LogP contribution in [0.4, 0.5) is 0 Å². The first-order valence-corrected chi connectivity index (χ1v) is 8.55. The van der Waals surface area contributed by atoms with Gasteiger partial charge in [-0.2, -0.15) is 0 Å². The number of thiophene rings is 1. The van der Waals surface area contributed by atoms with Crippen molar-refractivity contribution in [1.29, 1.82) is 0 Å². The zero-order chi connectivity index (χ0) is 14.0. The monoisotopic (exact) mass is 321 g/mol. The van der Waals surface area contributed by atoms with E-state index in [1.165, 1.54) is 23.0 Å². The Bertz CT molecular complexity index is 678. The molecular formula is C10H12ClN3O3S2. The SMILES string of the molecule is COCCn1c(-c2sccc2C)nnc1S(=O)(=O)Cl. The first-order chi connectivity index (χ1) is 8.95. The van der Waals surface area contributed by atoms with Crippen molar-refractivity contribution < 1.29 is 13.2 Å². The molecule has 0 unspecified atom stereocenters. The summed E-state index contributed by atoms with van der Waals surface area (Å²) in [4.78, 5) is 0.871. The van der Waals surface area contributed by atoms with Crippen LogP contribution in [0.3, 0.4) is 0 Å². The molecule has 0 saturated carbocycles. The fourth-order valence-corrected chi connectivity index (χ4v) is 3.46. The number of methoxy groups -OCH3 is 1. The maximum absolute atomic E-state index is 11.5. The molecule has 2 aromatic rings. The van der Waals surface area contributed by atoms with Gasteiger partial charge >= 0.3 is 0 Å². The van der Waals surface area contributed by atoms with Gasteiger partial charge in [0.2, 0.25) is 0 Å². The quantitative estimate of drug-likeness (QED) is 0.786. The van der Waals surface area contributed by atoms with Crippen molar-refractivity contribution in [3.8, 4) is 10.7 Å². The van der Waals surface area contributed by atoms with E-state index in [1.54, 1.807) is 0 Å². The molecule has 6 nitrogen and oxygen atoms in total. The first kappa shape index (κ1) is 14.4. The average molecular weight is 322 g/mol. The van der Waals surface area contributed by atoms with Crippen LogP contribution in [-0.4, -0.2) is 36.9 Å².